The molecule has 8 nitrogen and oxygen atoms in total. The second kappa shape index (κ2) is 11.9. The number of amides is 1. The Hall–Kier alpha value is -4.86. The molecule has 0 radical (unpaired) electrons. The van der Waals surface area contributed by atoms with Crippen molar-refractivity contribution in [3.63, 3.8) is 0 Å². The van der Waals surface area contributed by atoms with Crippen molar-refractivity contribution in [3.05, 3.63) is 131 Å². The molecule has 0 aliphatic heterocycles. The Morgan fingerprint density at radius 2 is 1.69 bits per heavy atom. The minimum atomic E-state index is -0.450. The molecule has 0 saturated carbocycles. The second-order valence-electron chi connectivity index (χ2n) is 9.38. The zero-order valence-electron chi connectivity index (χ0n) is 21.8. The summed E-state index contributed by atoms with van der Waals surface area (Å²) in [6, 6.07) is 21.3. The molecule has 6 aromatic rings. The Bertz CT molecular complexity index is 1840. The van der Waals surface area contributed by atoms with Gasteiger partial charge in [0.05, 0.1) is 18.1 Å². The molecular formula is C31H21Cl2FN6O2. The number of benzene rings is 3. The lowest BCUT2D eigenvalue weighted by atomic mass is 10.1. The molecule has 0 fully saturated rings. The van der Waals surface area contributed by atoms with E-state index in [9.17, 15) is 9.18 Å². The highest BCUT2D eigenvalue weighted by molar-refractivity contribution is 6.35. The number of imidazole rings is 1. The average molecular weight is 599 g/mol. The third kappa shape index (κ3) is 6.07. The van der Waals surface area contributed by atoms with E-state index in [1.54, 1.807) is 85.6 Å². The lowest BCUT2D eigenvalue weighted by Gasteiger charge is -2.21. The van der Waals surface area contributed by atoms with E-state index in [0.29, 0.717) is 44.5 Å². The van der Waals surface area contributed by atoms with Crippen molar-refractivity contribution in [1.82, 2.24) is 30.0 Å². The summed E-state index contributed by atoms with van der Waals surface area (Å²) >= 11 is 12.6. The van der Waals surface area contributed by atoms with Gasteiger partial charge in [-0.3, -0.25) is 9.78 Å². The molecule has 208 valence electrons. The van der Waals surface area contributed by atoms with E-state index in [1.807, 2.05) is 10.6 Å². The minimum Gasteiger partial charge on any atom is -0.416 e. The second-order valence-corrected chi connectivity index (χ2v) is 10.2. The van der Waals surface area contributed by atoms with Gasteiger partial charge in [0, 0.05) is 57.4 Å². The SMILES string of the molecule is O=C(N[C@@H](Cn1ccnc1)c1ccc(Cl)cc1Cl)c1ccc(-c2nnc(-c3cc(F)cc(-c4ccccn4)c3)o2)cc1. The Morgan fingerprint density at radius 1 is 0.905 bits per heavy atom. The smallest absolute Gasteiger partial charge is 0.251 e. The van der Waals surface area contributed by atoms with Crippen LogP contribution >= 0.6 is 23.2 Å². The maximum absolute atomic E-state index is 14.4. The maximum atomic E-state index is 14.4. The largest absolute Gasteiger partial charge is 0.416 e. The van der Waals surface area contributed by atoms with Crippen molar-refractivity contribution < 1.29 is 13.6 Å². The number of aromatic nitrogens is 5. The third-order valence-corrected chi connectivity index (χ3v) is 7.08. The summed E-state index contributed by atoms with van der Waals surface area (Å²) in [5, 5.41) is 12.2. The maximum Gasteiger partial charge on any atom is 0.251 e. The van der Waals surface area contributed by atoms with E-state index in [0.717, 1.165) is 5.56 Å². The number of pyridine rings is 1. The normalized spacial score (nSPS) is 11.8. The number of carbonyl (C=O) groups excluding carboxylic acids is 1. The molecule has 1 N–H and O–H groups in total. The summed E-state index contributed by atoms with van der Waals surface area (Å²) < 4.78 is 22.1. The van der Waals surface area contributed by atoms with Gasteiger partial charge in [-0.1, -0.05) is 35.3 Å². The fraction of sp³-hybridized carbons (Fsp3) is 0.0645. The number of hydrogen-bond donors (Lipinski definition) is 1. The van der Waals surface area contributed by atoms with Crippen LogP contribution in [0.1, 0.15) is 22.0 Å². The van der Waals surface area contributed by atoms with Crippen molar-refractivity contribution in [3.8, 4) is 34.2 Å². The highest BCUT2D eigenvalue weighted by atomic mass is 35.5. The van der Waals surface area contributed by atoms with Crippen molar-refractivity contribution in [2.75, 3.05) is 0 Å². The lowest BCUT2D eigenvalue weighted by molar-refractivity contribution is 0.0932. The first-order valence-corrected chi connectivity index (χ1v) is 13.6. The predicted octanol–water partition coefficient (Wildman–Crippen LogP) is 7.28. The molecule has 6 rings (SSSR count). The molecule has 1 amide bonds. The van der Waals surface area contributed by atoms with E-state index in [2.05, 4.69) is 25.5 Å². The van der Waals surface area contributed by atoms with E-state index in [1.165, 1.54) is 12.1 Å². The Kier molecular flexibility index (Phi) is 7.76. The van der Waals surface area contributed by atoms with Gasteiger partial charge in [0.25, 0.3) is 5.91 Å². The van der Waals surface area contributed by atoms with Gasteiger partial charge in [-0.15, -0.1) is 10.2 Å². The van der Waals surface area contributed by atoms with E-state index < -0.39 is 11.9 Å². The van der Waals surface area contributed by atoms with Crippen LogP contribution in [0.25, 0.3) is 34.2 Å². The molecule has 3 aromatic carbocycles. The zero-order chi connectivity index (χ0) is 29.1. The summed E-state index contributed by atoms with van der Waals surface area (Å²) in [4.78, 5) is 21.6. The Balaban J connectivity index is 1.21. The first-order chi connectivity index (χ1) is 20.4. The van der Waals surface area contributed by atoms with Crippen LogP contribution < -0.4 is 5.32 Å². The summed E-state index contributed by atoms with van der Waals surface area (Å²) in [6.45, 7) is 0.415. The topological polar surface area (TPSA) is 98.7 Å². The standard InChI is InChI=1S/C31H21Cl2FN6O2/c32-23-8-9-25(26(33)16-23)28(17-40-12-11-35-18-40)37-29(41)19-4-6-20(7-5-19)30-38-39-31(42-30)22-13-21(14-24(34)15-22)27-3-1-2-10-36-27/h1-16,18,28H,17H2,(H,37,41)/t28-/m0/s1. The summed E-state index contributed by atoms with van der Waals surface area (Å²) in [5.41, 5.74) is 3.38. The quantitative estimate of drug-likeness (QED) is 0.198. The molecule has 0 unspecified atom stereocenters. The molecular weight excluding hydrogens is 578 g/mol. The van der Waals surface area contributed by atoms with E-state index in [4.69, 9.17) is 27.6 Å². The average Bonchev–Trinajstić information content (AvgIpc) is 3.70. The summed E-state index contributed by atoms with van der Waals surface area (Å²) in [5.74, 6) is -0.363. The van der Waals surface area contributed by atoms with Crippen molar-refractivity contribution in [1.29, 1.82) is 0 Å². The highest BCUT2D eigenvalue weighted by Crippen LogP contribution is 2.30. The minimum absolute atomic E-state index is 0.158. The first kappa shape index (κ1) is 27.3. The molecule has 0 spiro atoms. The molecule has 1 atom stereocenters. The molecule has 3 heterocycles. The van der Waals surface area contributed by atoms with Gasteiger partial charge in [-0.25, -0.2) is 9.37 Å². The molecule has 0 saturated heterocycles. The third-order valence-electron chi connectivity index (χ3n) is 6.52. The van der Waals surface area contributed by atoms with E-state index >= 15 is 0 Å². The van der Waals surface area contributed by atoms with Crippen LogP contribution in [0.15, 0.2) is 108 Å². The summed E-state index contributed by atoms with van der Waals surface area (Å²) in [7, 11) is 0. The van der Waals surface area contributed by atoms with Crippen LogP contribution in [0.5, 0.6) is 0 Å². The van der Waals surface area contributed by atoms with Crippen molar-refractivity contribution >= 4 is 29.1 Å². The van der Waals surface area contributed by atoms with Gasteiger partial charge < -0.3 is 14.3 Å². The first-order valence-electron chi connectivity index (χ1n) is 12.8. The predicted molar refractivity (Wildman–Crippen MR) is 157 cm³/mol. The van der Waals surface area contributed by atoms with E-state index in [-0.39, 0.29) is 17.7 Å². The van der Waals surface area contributed by atoms with Crippen LogP contribution in [0.3, 0.4) is 0 Å². The van der Waals surface area contributed by atoms with Gasteiger partial charge >= 0.3 is 0 Å². The van der Waals surface area contributed by atoms with Gasteiger partial charge in [0.15, 0.2) is 0 Å². The number of halogens is 3. The van der Waals surface area contributed by atoms with Crippen LogP contribution in [0.4, 0.5) is 4.39 Å². The molecule has 3 aromatic heterocycles. The van der Waals surface area contributed by atoms with Crippen molar-refractivity contribution in [2.24, 2.45) is 0 Å². The number of rotatable bonds is 8. The highest BCUT2D eigenvalue weighted by Gasteiger charge is 2.20. The zero-order valence-corrected chi connectivity index (χ0v) is 23.3. The van der Waals surface area contributed by atoms with Gasteiger partial charge in [0.1, 0.15) is 5.82 Å². The fourth-order valence-electron chi connectivity index (χ4n) is 4.47. The van der Waals surface area contributed by atoms with Gasteiger partial charge in [-0.2, -0.15) is 0 Å². The monoisotopic (exact) mass is 598 g/mol. The van der Waals surface area contributed by atoms with Crippen LogP contribution in [0.2, 0.25) is 10.0 Å². The van der Waals surface area contributed by atoms with Crippen LogP contribution in [0, 0.1) is 5.82 Å². The summed E-state index contributed by atoms with van der Waals surface area (Å²) in [6.07, 6.45) is 6.78. The Morgan fingerprint density at radius 3 is 2.40 bits per heavy atom. The fourth-order valence-corrected chi connectivity index (χ4v) is 5.01. The number of carbonyl (C=O) groups is 1. The Labute approximate surface area is 249 Å². The molecule has 42 heavy (non-hydrogen) atoms. The van der Waals surface area contributed by atoms with Crippen molar-refractivity contribution in [2.45, 2.75) is 12.6 Å². The number of hydrogen-bond acceptors (Lipinski definition) is 6. The van der Waals surface area contributed by atoms with Crippen LogP contribution in [-0.2, 0) is 6.54 Å². The van der Waals surface area contributed by atoms with Gasteiger partial charge in [0.2, 0.25) is 11.8 Å². The number of nitrogens with zero attached hydrogens (tertiary/aromatic N) is 5. The molecule has 0 bridgehead atoms. The van der Waals surface area contributed by atoms with Gasteiger partial charge in [-0.05, 0) is 72.3 Å². The molecule has 11 heteroatoms. The molecule has 0 aliphatic rings. The molecule has 0 aliphatic carbocycles. The number of nitrogens with one attached hydrogen (secondary N) is 1. The van der Waals surface area contributed by atoms with Crippen LogP contribution in [-0.4, -0.2) is 30.6 Å². The lowest BCUT2D eigenvalue weighted by Crippen LogP contribution is -2.31.